The summed E-state index contributed by atoms with van der Waals surface area (Å²) in [5.41, 5.74) is 1.26. The van der Waals surface area contributed by atoms with Gasteiger partial charge in [0.25, 0.3) is 0 Å². The average Bonchev–Trinajstić information content (AvgIpc) is 2.68. The molecular formula is C17H26N2O4. The molecule has 2 heterocycles. The molecule has 3 aliphatic rings. The van der Waals surface area contributed by atoms with Crippen molar-refractivity contribution < 1.29 is 19.3 Å². The summed E-state index contributed by atoms with van der Waals surface area (Å²) in [6.07, 6.45) is 6.68. The lowest BCUT2D eigenvalue weighted by Crippen LogP contribution is -2.49. The summed E-state index contributed by atoms with van der Waals surface area (Å²) in [5.74, 6) is 1.97. The monoisotopic (exact) mass is 322 g/mol. The van der Waals surface area contributed by atoms with Gasteiger partial charge in [0.15, 0.2) is 0 Å². The van der Waals surface area contributed by atoms with Crippen LogP contribution in [0.5, 0.6) is 0 Å². The van der Waals surface area contributed by atoms with Gasteiger partial charge in [0.1, 0.15) is 11.5 Å². The first-order valence-corrected chi connectivity index (χ1v) is 8.20. The molecule has 2 fully saturated rings. The minimum absolute atomic E-state index is 0.321. The lowest BCUT2D eigenvalue weighted by Gasteiger charge is -2.35. The van der Waals surface area contributed by atoms with Gasteiger partial charge in [-0.15, -0.1) is 0 Å². The van der Waals surface area contributed by atoms with Crippen molar-refractivity contribution in [1.82, 2.24) is 9.80 Å². The van der Waals surface area contributed by atoms with Crippen LogP contribution in [0, 0.1) is 0 Å². The number of methoxy groups -OCH3 is 1. The van der Waals surface area contributed by atoms with E-state index in [1.54, 1.807) is 7.11 Å². The lowest BCUT2D eigenvalue weighted by molar-refractivity contribution is -0.0208. The number of rotatable bonds is 6. The molecule has 128 valence electrons. The number of aliphatic hydroxyl groups is 1. The molecule has 0 aromatic heterocycles. The van der Waals surface area contributed by atoms with Gasteiger partial charge in [-0.05, 0) is 17.7 Å². The second-order valence-corrected chi connectivity index (χ2v) is 6.25. The van der Waals surface area contributed by atoms with Crippen LogP contribution in [0.1, 0.15) is 6.42 Å². The summed E-state index contributed by atoms with van der Waals surface area (Å²) in [6.45, 7) is 6.30. The molecule has 3 rings (SSSR count). The molecule has 23 heavy (non-hydrogen) atoms. The van der Waals surface area contributed by atoms with E-state index in [0.717, 1.165) is 50.7 Å². The Labute approximate surface area is 137 Å². The minimum atomic E-state index is -0.399. The molecule has 2 aliphatic heterocycles. The highest BCUT2D eigenvalue weighted by Crippen LogP contribution is 2.24. The van der Waals surface area contributed by atoms with E-state index in [9.17, 15) is 5.11 Å². The molecule has 2 bridgehead atoms. The summed E-state index contributed by atoms with van der Waals surface area (Å²) in [4.78, 5) is 4.74. The van der Waals surface area contributed by atoms with E-state index < -0.39 is 6.10 Å². The third-order valence-corrected chi connectivity index (χ3v) is 4.37. The average molecular weight is 322 g/mol. The van der Waals surface area contributed by atoms with Gasteiger partial charge in [0.05, 0.1) is 19.1 Å². The van der Waals surface area contributed by atoms with E-state index >= 15 is 0 Å². The number of fused-ring (bicyclic) bond motifs is 2. The predicted molar refractivity (Wildman–Crippen MR) is 86.7 cm³/mol. The summed E-state index contributed by atoms with van der Waals surface area (Å²) in [5, 5.41) is 9.82. The maximum absolute atomic E-state index is 9.82. The third kappa shape index (κ3) is 4.81. The van der Waals surface area contributed by atoms with Crippen LogP contribution in [-0.4, -0.2) is 80.8 Å². The Morgan fingerprint density at radius 2 is 1.87 bits per heavy atom. The molecule has 6 nitrogen and oxygen atoms in total. The number of hydrogen-bond donors (Lipinski definition) is 1. The Kier molecular flexibility index (Phi) is 5.72. The van der Waals surface area contributed by atoms with Crippen molar-refractivity contribution in [2.45, 2.75) is 12.5 Å². The van der Waals surface area contributed by atoms with Crippen molar-refractivity contribution in [3.63, 3.8) is 0 Å². The van der Waals surface area contributed by atoms with E-state index in [4.69, 9.17) is 14.2 Å². The molecule has 0 spiro atoms. The van der Waals surface area contributed by atoms with Gasteiger partial charge in [0.2, 0.25) is 6.79 Å². The van der Waals surface area contributed by atoms with E-state index in [1.165, 1.54) is 5.57 Å². The summed E-state index contributed by atoms with van der Waals surface area (Å²) in [7, 11) is 1.62. The number of β-amino-alcohol motifs (C(OH)–C–C–N with tert-alkyl or cyclic N) is 1. The van der Waals surface area contributed by atoms with Crippen LogP contribution >= 0.6 is 0 Å². The summed E-state index contributed by atoms with van der Waals surface area (Å²) < 4.78 is 15.9. The molecule has 0 aromatic rings. The first-order valence-electron chi connectivity index (χ1n) is 8.20. The topological polar surface area (TPSA) is 54.4 Å². The molecule has 0 saturated carbocycles. The van der Waals surface area contributed by atoms with E-state index in [2.05, 4.69) is 28.0 Å². The molecule has 1 aliphatic carbocycles. The van der Waals surface area contributed by atoms with Gasteiger partial charge in [-0.1, -0.05) is 6.08 Å². The van der Waals surface area contributed by atoms with Gasteiger partial charge in [0, 0.05) is 46.4 Å². The quantitative estimate of drug-likeness (QED) is 0.777. The highest BCUT2D eigenvalue weighted by molar-refractivity contribution is 5.33. The molecular weight excluding hydrogens is 296 g/mol. The molecule has 2 saturated heterocycles. The van der Waals surface area contributed by atoms with Crippen molar-refractivity contribution in [1.29, 1.82) is 0 Å². The Hall–Kier alpha value is -1.34. The first-order chi connectivity index (χ1) is 11.2. The zero-order valence-electron chi connectivity index (χ0n) is 13.7. The normalized spacial score (nSPS) is 23.8. The molecule has 0 aromatic carbocycles. The van der Waals surface area contributed by atoms with Gasteiger partial charge >= 0.3 is 0 Å². The molecule has 0 radical (unpaired) electrons. The summed E-state index contributed by atoms with van der Waals surface area (Å²) in [6, 6.07) is 0. The Bertz CT molecular complexity index is 493. The van der Waals surface area contributed by atoms with Crippen LogP contribution in [0.4, 0.5) is 0 Å². The van der Waals surface area contributed by atoms with Crippen molar-refractivity contribution >= 4 is 0 Å². The number of allylic oxidation sites excluding steroid dienone is 2. The standard InChI is InChI=1S/C17H26N2O4/c1-21-12-15(20)11-19-6-4-18(5-7-19)10-14-2-3-16-9-17(8-14)23-13-22-16/h2-3,8,15,20H,4-7,9-13H2,1H3. The van der Waals surface area contributed by atoms with Crippen LogP contribution in [0.2, 0.25) is 0 Å². The number of ether oxygens (including phenoxy) is 3. The number of aliphatic hydroxyl groups excluding tert-OH is 1. The predicted octanol–water partition coefficient (Wildman–Crippen LogP) is 0.714. The lowest BCUT2D eigenvalue weighted by atomic mass is 10.2. The van der Waals surface area contributed by atoms with Crippen molar-refractivity contribution in [3.8, 4) is 0 Å². The minimum Gasteiger partial charge on any atom is -0.461 e. The van der Waals surface area contributed by atoms with Crippen LogP contribution < -0.4 is 0 Å². The largest absolute Gasteiger partial charge is 0.461 e. The summed E-state index contributed by atoms with van der Waals surface area (Å²) >= 11 is 0. The van der Waals surface area contributed by atoms with Gasteiger partial charge in [-0.25, -0.2) is 0 Å². The smallest absolute Gasteiger partial charge is 0.229 e. The Morgan fingerprint density at radius 1 is 1.13 bits per heavy atom. The van der Waals surface area contributed by atoms with Crippen molar-refractivity contribution in [2.75, 3.05) is 59.8 Å². The fourth-order valence-electron chi connectivity index (χ4n) is 3.14. The van der Waals surface area contributed by atoms with E-state index in [-0.39, 0.29) is 0 Å². The SMILES string of the molecule is COCC(O)CN1CCN(CC2=CC=C3CC(=C2)OCO3)CC1. The molecule has 6 heteroatoms. The third-order valence-electron chi connectivity index (χ3n) is 4.37. The number of hydrogen-bond acceptors (Lipinski definition) is 6. The van der Waals surface area contributed by atoms with Gasteiger partial charge < -0.3 is 19.3 Å². The van der Waals surface area contributed by atoms with Crippen LogP contribution in [0.15, 0.2) is 35.3 Å². The number of piperazine rings is 1. The van der Waals surface area contributed by atoms with Crippen molar-refractivity contribution in [2.24, 2.45) is 0 Å². The second-order valence-electron chi connectivity index (χ2n) is 6.25. The van der Waals surface area contributed by atoms with Crippen LogP contribution in [0.25, 0.3) is 0 Å². The first kappa shape index (κ1) is 16.5. The fraction of sp³-hybridized carbons (Fsp3) is 0.647. The van der Waals surface area contributed by atoms with E-state index in [1.807, 2.05) is 0 Å². The highest BCUT2D eigenvalue weighted by Gasteiger charge is 2.21. The Balaban J connectivity index is 1.47. The van der Waals surface area contributed by atoms with E-state index in [0.29, 0.717) is 19.9 Å². The molecule has 1 N–H and O–H groups in total. The Morgan fingerprint density at radius 3 is 2.65 bits per heavy atom. The van der Waals surface area contributed by atoms with Crippen LogP contribution in [0.3, 0.4) is 0 Å². The van der Waals surface area contributed by atoms with Crippen LogP contribution in [-0.2, 0) is 14.2 Å². The molecule has 1 unspecified atom stereocenters. The van der Waals surface area contributed by atoms with Crippen molar-refractivity contribution in [3.05, 3.63) is 35.3 Å². The number of nitrogens with zero attached hydrogens (tertiary/aromatic N) is 2. The zero-order chi connectivity index (χ0) is 16.1. The fourth-order valence-corrected chi connectivity index (χ4v) is 3.14. The van der Waals surface area contributed by atoms with Gasteiger partial charge in [-0.3, -0.25) is 9.80 Å². The van der Waals surface area contributed by atoms with Gasteiger partial charge in [-0.2, -0.15) is 0 Å². The maximum Gasteiger partial charge on any atom is 0.229 e. The zero-order valence-corrected chi connectivity index (χ0v) is 13.7. The second kappa shape index (κ2) is 7.97. The maximum atomic E-state index is 9.82. The highest BCUT2D eigenvalue weighted by atomic mass is 16.7. The molecule has 1 atom stereocenters. The molecule has 0 amide bonds.